The second-order valence-corrected chi connectivity index (χ2v) is 6.25. The predicted molar refractivity (Wildman–Crippen MR) is 91.7 cm³/mol. The maximum atomic E-state index is 3.69. The van der Waals surface area contributed by atoms with Crippen molar-refractivity contribution in [1.82, 2.24) is 10.2 Å². The van der Waals surface area contributed by atoms with Crippen LogP contribution in [0.15, 0.2) is 24.3 Å². The van der Waals surface area contributed by atoms with E-state index in [2.05, 4.69) is 55.3 Å². The third-order valence-corrected chi connectivity index (χ3v) is 4.87. The monoisotopic (exact) mass is 288 g/mol. The lowest BCUT2D eigenvalue weighted by Gasteiger charge is -2.35. The van der Waals surface area contributed by atoms with E-state index in [1.54, 1.807) is 0 Å². The molecule has 0 aromatic heterocycles. The first-order chi connectivity index (χ1) is 10.3. The highest BCUT2D eigenvalue weighted by Gasteiger charge is 2.22. The molecule has 118 valence electrons. The van der Waals surface area contributed by atoms with Gasteiger partial charge in [-0.3, -0.25) is 4.90 Å². The van der Waals surface area contributed by atoms with Crippen molar-refractivity contribution < 1.29 is 0 Å². The Morgan fingerprint density at radius 2 is 1.90 bits per heavy atom. The third-order valence-electron chi connectivity index (χ3n) is 4.87. The van der Waals surface area contributed by atoms with Gasteiger partial charge in [-0.1, -0.05) is 51.5 Å². The number of hydrogen-bond donors (Lipinski definition) is 1. The van der Waals surface area contributed by atoms with Crippen LogP contribution in [-0.4, -0.2) is 30.6 Å². The highest BCUT2D eigenvalue weighted by atomic mass is 15.2. The lowest BCUT2D eigenvalue weighted by Crippen LogP contribution is -2.44. The Labute approximate surface area is 130 Å². The Morgan fingerprint density at radius 3 is 2.43 bits per heavy atom. The molecule has 1 aliphatic heterocycles. The van der Waals surface area contributed by atoms with Crippen LogP contribution in [0.2, 0.25) is 0 Å². The average molecular weight is 288 g/mol. The molecule has 0 saturated carbocycles. The molecule has 1 aromatic carbocycles. The maximum Gasteiger partial charge on any atom is 0.0346 e. The quantitative estimate of drug-likeness (QED) is 0.810. The molecule has 2 heteroatoms. The normalized spacial score (nSPS) is 20.7. The minimum Gasteiger partial charge on any atom is -0.313 e. The summed E-state index contributed by atoms with van der Waals surface area (Å²) in [7, 11) is 0. The van der Waals surface area contributed by atoms with E-state index in [1.807, 2.05) is 0 Å². The molecular formula is C19H32N2. The summed E-state index contributed by atoms with van der Waals surface area (Å²) >= 11 is 0. The van der Waals surface area contributed by atoms with Crippen molar-refractivity contribution in [1.29, 1.82) is 0 Å². The topological polar surface area (TPSA) is 15.3 Å². The van der Waals surface area contributed by atoms with Gasteiger partial charge in [0, 0.05) is 18.6 Å². The minimum atomic E-state index is 0.560. The molecular weight excluding hydrogens is 256 g/mol. The highest BCUT2D eigenvalue weighted by Crippen LogP contribution is 2.25. The van der Waals surface area contributed by atoms with Gasteiger partial charge in [0.1, 0.15) is 0 Å². The van der Waals surface area contributed by atoms with E-state index in [0.717, 1.165) is 13.0 Å². The van der Waals surface area contributed by atoms with Crippen LogP contribution in [0, 0.1) is 0 Å². The van der Waals surface area contributed by atoms with Crippen molar-refractivity contribution in [2.75, 3.05) is 19.6 Å². The second kappa shape index (κ2) is 8.55. The van der Waals surface area contributed by atoms with E-state index in [4.69, 9.17) is 0 Å². The zero-order chi connectivity index (χ0) is 15.1. The lowest BCUT2D eigenvalue weighted by atomic mass is 9.98. The van der Waals surface area contributed by atoms with Crippen LogP contribution in [0.4, 0.5) is 0 Å². The Balaban J connectivity index is 2.04. The Kier molecular flexibility index (Phi) is 6.72. The van der Waals surface area contributed by atoms with Crippen LogP contribution in [0.3, 0.4) is 0 Å². The van der Waals surface area contributed by atoms with Crippen LogP contribution in [0.1, 0.15) is 63.6 Å². The van der Waals surface area contributed by atoms with E-state index < -0.39 is 0 Å². The first-order valence-electron chi connectivity index (χ1n) is 8.84. The maximum absolute atomic E-state index is 3.69. The van der Waals surface area contributed by atoms with Crippen molar-refractivity contribution in [3.63, 3.8) is 0 Å². The Hall–Kier alpha value is -0.860. The van der Waals surface area contributed by atoms with Crippen molar-refractivity contribution in [3.05, 3.63) is 35.4 Å². The van der Waals surface area contributed by atoms with Gasteiger partial charge in [-0.25, -0.2) is 0 Å². The molecule has 1 N–H and O–H groups in total. The standard InChI is InChI=1S/C19H32N2/c1-4-16-10-12-17(13-11-16)19(5-2)21(6-3)15-18-9-7-8-14-20-18/h10-13,18-20H,4-9,14-15H2,1-3H3. The van der Waals surface area contributed by atoms with E-state index >= 15 is 0 Å². The molecule has 2 nitrogen and oxygen atoms in total. The number of piperidine rings is 1. The molecule has 1 saturated heterocycles. The van der Waals surface area contributed by atoms with Crippen molar-refractivity contribution in [2.24, 2.45) is 0 Å². The molecule has 0 aliphatic carbocycles. The largest absolute Gasteiger partial charge is 0.313 e. The van der Waals surface area contributed by atoms with Crippen molar-refractivity contribution >= 4 is 0 Å². The molecule has 0 radical (unpaired) electrons. The van der Waals surface area contributed by atoms with E-state index in [-0.39, 0.29) is 0 Å². The SMILES string of the molecule is CCc1ccc(C(CC)N(CC)CC2CCCCN2)cc1. The Bertz CT molecular complexity index is 393. The first-order valence-corrected chi connectivity index (χ1v) is 8.84. The van der Waals surface area contributed by atoms with Crippen LogP contribution in [-0.2, 0) is 6.42 Å². The molecule has 21 heavy (non-hydrogen) atoms. The molecule has 2 unspecified atom stereocenters. The van der Waals surface area contributed by atoms with Crippen molar-refractivity contribution in [3.8, 4) is 0 Å². The predicted octanol–water partition coefficient (Wildman–Crippen LogP) is 4.16. The molecule has 2 rings (SSSR count). The van der Waals surface area contributed by atoms with Crippen molar-refractivity contribution in [2.45, 2.75) is 65.0 Å². The number of nitrogens with one attached hydrogen (secondary N) is 1. The molecule has 1 fully saturated rings. The van der Waals surface area contributed by atoms with Gasteiger partial charge in [-0.05, 0) is 49.9 Å². The van der Waals surface area contributed by atoms with Gasteiger partial charge in [0.05, 0.1) is 0 Å². The molecule has 1 aliphatic rings. The smallest absolute Gasteiger partial charge is 0.0346 e. The van der Waals surface area contributed by atoms with E-state index in [0.29, 0.717) is 12.1 Å². The number of likely N-dealkylation sites (N-methyl/N-ethyl adjacent to an activating group) is 1. The third kappa shape index (κ3) is 4.55. The number of nitrogens with zero attached hydrogens (tertiary/aromatic N) is 1. The van der Waals surface area contributed by atoms with Gasteiger partial charge in [0.2, 0.25) is 0 Å². The first kappa shape index (κ1) is 16.5. The minimum absolute atomic E-state index is 0.560. The molecule has 1 aromatic rings. The number of rotatable bonds is 7. The fourth-order valence-electron chi connectivity index (χ4n) is 3.52. The summed E-state index contributed by atoms with van der Waals surface area (Å²) < 4.78 is 0. The summed E-state index contributed by atoms with van der Waals surface area (Å²) in [6.07, 6.45) is 6.38. The van der Waals surface area contributed by atoms with Gasteiger partial charge in [0.15, 0.2) is 0 Å². The van der Waals surface area contributed by atoms with Crippen LogP contribution in [0.5, 0.6) is 0 Å². The summed E-state index contributed by atoms with van der Waals surface area (Å²) in [6, 6.07) is 10.5. The molecule has 2 atom stereocenters. The number of aryl methyl sites for hydroxylation is 1. The second-order valence-electron chi connectivity index (χ2n) is 6.25. The zero-order valence-electron chi connectivity index (χ0n) is 14.1. The van der Waals surface area contributed by atoms with Gasteiger partial charge in [-0.15, -0.1) is 0 Å². The molecule has 1 heterocycles. The summed E-state index contributed by atoms with van der Waals surface area (Å²) in [6.45, 7) is 10.3. The average Bonchev–Trinajstić information content (AvgIpc) is 2.56. The van der Waals surface area contributed by atoms with Crippen LogP contribution < -0.4 is 5.32 Å². The zero-order valence-corrected chi connectivity index (χ0v) is 14.1. The van der Waals surface area contributed by atoms with Crippen LogP contribution in [0.25, 0.3) is 0 Å². The van der Waals surface area contributed by atoms with Gasteiger partial charge >= 0.3 is 0 Å². The molecule has 0 bridgehead atoms. The van der Waals surface area contributed by atoms with E-state index in [9.17, 15) is 0 Å². The molecule has 0 spiro atoms. The summed E-state index contributed by atoms with van der Waals surface area (Å²) in [5.41, 5.74) is 2.91. The highest BCUT2D eigenvalue weighted by molar-refractivity contribution is 5.25. The van der Waals surface area contributed by atoms with Gasteiger partial charge < -0.3 is 5.32 Å². The summed E-state index contributed by atoms with van der Waals surface area (Å²) in [5.74, 6) is 0. The lowest BCUT2D eigenvalue weighted by molar-refractivity contribution is 0.170. The number of hydrogen-bond acceptors (Lipinski definition) is 2. The number of benzene rings is 1. The van der Waals surface area contributed by atoms with E-state index in [1.165, 1.54) is 49.9 Å². The van der Waals surface area contributed by atoms with Crippen LogP contribution >= 0.6 is 0 Å². The van der Waals surface area contributed by atoms with Gasteiger partial charge in [0.25, 0.3) is 0 Å². The summed E-state index contributed by atoms with van der Waals surface area (Å²) in [4.78, 5) is 2.66. The summed E-state index contributed by atoms with van der Waals surface area (Å²) in [5, 5.41) is 3.69. The molecule has 0 amide bonds. The van der Waals surface area contributed by atoms with Gasteiger partial charge in [-0.2, -0.15) is 0 Å². The fourth-order valence-corrected chi connectivity index (χ4v) is 3.52. The fraction of sp³-hybridized carbons (Fsp3) is 0.684. The Morgan fingerprint density at radius 1 is 1.14 bits per heavy atom.